The van der Waals surface area contributed by atoms with E-state index in [1.165, 1.54) is 16.2 Å². The van der Waals surface area contributed by atoms with Crippen molar-refractivity contribution in [2.45, 2.75) is 12.8 Å². The van der Waals surface area contributed by atoms with E-state index in [0.29, 0.717) is 18.5 Å². The molecule has 0 fully saturated rings. The van der Waals surface area contributed by atoms with Gasteiger partial charge < -0.3 is 10.7 Å². The van der Waals surface area contributed by atoms with Crippen LogP contribution in [0.15, 0.2) is 146 Å². The molecule has 6 aromatic rings. The first-order valence-electron chi connectivity index (χ1n) is 15.5. The zero-order chi connectivity index (χ0) is 32.0. The quantitative estimate of drug-likeness (QED) is 0.103. The molecule has 5 heteroatoms. The number of nitrogens with one attached hydrogen (secondary N) is 1. The van der Waals surface area contributed by atoms with Crippen molar-refractivity contribution >= 4 is 38.4 Å². The maximum Gasteiger partial charge on any atom is 0.126 e. The van der Waals surface area contributed by atoms with Gasteiger partial charge in [-0.05, 0) is 85.8 Å². The highest BCUT2D eigenvalue weighted by atomic mass is 14.9. The maximum absolute atomic E-state index is 9.92. The summed E-state index contributed by atoms with van der Waals surface area (Å²) in [6.07, 6.45) is 14.8. The summed E-state index contributed by atoms with van der Waals surface area (Å²) >= 11 is 0. The Labute approximate surface area is 274 Å². The molecule has 4 aromatic carbocycles. The van der Waals surface area contributed by atoms with Crippen LogP contribution in [0, 0.1) is 29.1 Å². The predicted octanol–water partition coefficient (Wildman–Crippen LogP) is 8.45. The van der Waals surface area contributed by atoms with Crippen LogP contribution in [0.4, 0.5) is 0 Å². The first kappa shape index (κ1) is 29.3. The molecular weight excluding hydrogens is 574 g/mol. The van der Waals surface area contributed by atoms with Gasteiger partial charge in [0, 0.05) is 36.5 Å². The zero-order valence-corrected chi connectivity index (χ0v) is 25.7. The predicted molar refractivity (Wildman–Crippen MR) is 191 cm³/mol. The van der Waals surface area contributed by atoms with Gasteiger partial charge in [0.05, 0.1) is 23.8 Å². The third kappa shape index (κ3) is 6.52. The van der Waals surface area contributed by atoms with Crippen LogP contribution in [-0.4, -0.2) is 15.0 Å². The van der Waals surface area contributed by atoms with Crippen molar-refractivity contribution in [1.29, 1.82) is 5.26 Å². The van der Waals surface area contributed by atoms with Crippen molar-refractivity contribution in [2.24, 2.45) is 11.7 Å². The summed E-state index contributed by atoms with van der Waals surface area (Å²) in [4.78, 5) is 11.7. The molecule has 0 bridgehead atoms. The number of pyridine rings is 1. The van der Waals surface area contributed by atoms with E-state index in [4.69, 9.17) is 5.73 Å². The van der Waals surface area contributed by atoms with Gasteiger partial charge in [-0.25, -0.2) is 4.98 Å². The van der Waals surface area contributed by atoms with E-state index in [1.54, 1.807) is 12.5 Å². The molecule has 0 aliphatic heterocycles. The Morgan fingerprint density at radius 2 is 1.72 bits per heavy atom. The fourth-order valence-corrected chi connectivity index (χ4v) is 5.98. The lowest BCUT2D eigenvalue weighted by Crippen LogP contribution is -1.99. The lowest BCUT2D eigenvalue weighted by molar-refractivity contribution is 1.13. The molecule has 0 saturated carbocycles. The van der Waals surface area contributed by atoms with Crippen molar-refractivity contribution in [3.63, 3.8) is 0 Å². The number of aromatic amines is 1. The SMILES string of the molecule is N#CC1C#CC(Cc2ccc(C(/C=C(\N)c3ccccn3)=C/Cc3cnc[nH]3)cc2)=CC(c2cc3ccccc3c3ccccc23)=C1. The lowest BCUT2D eigenvalue weighted by atomic mass is 9.91. The first-order valence-corrected chi connectivity index (χ1v) is 15.5. The van der Waals surface area contributed by atoms with Crippen molar-refractivity contribution < 1.29 is 0 Å². The second kappa shape index (κ2) is 13.3. The fraction of sp³-hybridized carbons (Fsp3) is 0.0714. The molecule has 3 N–H and O–H groups in total. The third-order valence-corrected chi connectivity index (χ3v) is 8.33. The highest BCUT2D eigenvalue weighted by molar-refractivity contribution is 6.12. The number of allylic oxidation sites excluding steroid dienone is 7. The molecule has 0 saturated heterocycles. The Bertz CT molecular complexity index is 2300. The van der Waals surface area contributed by atoms with Crippen LogP contribution in [0.1, 0.15) is 28.1 Å². The van der Waals surface area contributed by atoms with Crippen LogP contribution in [0.3, 0.4) is 0 Å². The second-order valence-electron chi connectivity index (χ2n) is 11.5. The van der Waals surface area contributed by atoms with E-state index >= 15 is 0 Å². The molecule has 2 heterocycles. The van der Waals surface area contributed by atoms with Gasteiger partial charge in [-0.1, -0.05) is 96.8 Å². The fourth-order valence-electron chi connectivity index (χ4n) is 5.98. The van der Waals surface area contributed by atoms with Gasteiger partial charge in [-0.15, -0.1) is 0 Å². The molecule has 0 amide bonds. The summed E-state index contributed by atoms with van der Waals surface area (Å²) in [5.74, 6) is 6.00. The van der Waals surface area contributed by atoms with Gasteiger partial charge in [-0.3, -0.25) is 4.98 Å². The van der Waals surface area contributed by atoms with E-state index < -0.39 is 5.92 Å². The molecule has 1 aliphatic rings. The van der Waals surface area contributed by atoms with E-state index in [0.717, 1.165) is 50.2 Å². The average Bonchev–Trinajstić information content (AvgIpc) is 3.57. The van der Waals surface area contributed by atoms with Crippen molar-refractivity contribution in [3.05, 3.63) is 174 Å². The second-order valence-corrected chi connectivity index (χ2v) is 11.5. The number of fused-ring (bicyclic) bond motifs is 3. The first-order chi connectivity index (χ1) is 23.1. The topological polar surface area (TPSA) is 91.4 Å². The van der Waals surface area contributed by atoms with Gasteiger partial charge in [0.1, 0.15) is 5.92 Å². The Morgan fingerprint density at radius 3 is 2.49 bits per heavy atom. The van der Waals surface area contributed by atoms with Gasteiger partial charge >= 0.3 is 0 Å². The van der Waals surface area contributed by atoms with Crippen LogP contribution in [-0.2, 0) is 12.8 Å². The Morgan fingerprint density at radius 1 is 0.936 bits per heavy atom. The molecule has 224 valence electrons. The smallest absolute Gasteiger partial charge is 0.126 e. The average molecular weight is 606 g/mol. The monoisotopic (exact) mass is 605 g/mol. The number of imidazole rings is 1. The summed E-state index contributed by atoms with van der Waals surface area (Å²) in [6.45, 7) is 0. The molecule has 47 heavy (non-hydrogen) atoms. The van der Waals surface area contributed by atoms with Crippen molar-refractivity contribution in [3.8, 4) is 17.9 Å². The Kier molecular flexibility index (Phi) is 8.28. The minimum Gasteiger partial charge on any atom is -0.397 e. The van der Waals surface area contributed by atoms with Crippen LogP contribution >= 0.6 is 0 Å². The summed E-state index contributed by atoms with van der Waals surface area (Å²) in [6, 6.07) is 35.7. The van der Waals surface area contributed by atoms with E-state index in [9.17, 15) is 5.26 Å². The number of H-pyrrole nitrogens is 1. The van der Waals surface area contributed by atoms with Crippen LogP contribution < -0.4 is 5.73 Å². The lowest BCUT2D eigenvalue weighted by Gasteiger charge is -2.13. The summed E-state index contributed by atoms with van der Waals surface area (Å²) in [5.41, 5.74) is 15.1. The largest absolute Gasteiger partial charge is 0.397 e. The minimum atomic E-state index is -0.495. The van der Waals surface area contributed by atoms with E-state index in [-0.39, 0.29) is 0 Å². The zero-order valence-electron chi connectivity index (χ0n) is 25.7. The number of rotatable bonds is 8. The molecule has 2 aromatic heterocycles. The summed E-state index contributed by atoms with van der Waals surface area (Å²) in [7, 11) is 0. The van der Waals surface area contributed by atoms with Crippen molar-refractivity contribution in [1.82, 2.24) is 15.0 Å². The van der Waals surface area contributed by atoms with E-state index in [2.05, 4.69) is 124 Å². The molecule has 1 unspecified atom stereocenters. The molecule has 5 nitrogen and oxygen atoms in total. The number of hydrogen-bond acceptors (Lipinski definition) is 4. The number of nitriles is 1. The number of aromatic nitrogens is 3. The number of hydrogen-bond donors (Lipinski definition) is 2. The van der Waals surface area contributed by atoms with Gasteiger partial charge in [-0.2, -0.15) is 5.26 Å². The van der Waals surface area contributed by atoms with Crippen LogP contribution in [0.25, 0.3) is 38.4 Å². The standard InChI is InChI=1S/C42H31N5/c43-26-31-13-12-30(22-35(23-31)40-24-34-7-1-2-8-37(34)38-9-3-4-10-39(38)40)21-29-14-16-32(17-15-29)33(18-19-36-27-45-28-47-36)25-41(44)42-11-5-6-20-46-42/h1-11,14-18,20,22-25,27-28,31H,19,21,44H2,(H,45,47)/b33-18+,41-25-. The molecular formula is C42H31N5. The molecule has 1 atom stereocenters. The highest BCUT2D eigenvalue weighted by Crippen LogP contribution is 2.35. The molecule has 0 radical (unpaired) electrons. The number of benzene rings is 4. The van der Waals surface area contributed by atoms with Gasteiger partial charge in [0.2, 0.25) is 0 Å². The highest BCUT2D eigenvalue weighted by Gasteiger charge is 2.14. The van der Waals surface area contributed by atoms with Crippen molar-refractivity contribution in [2.75, 3.05) is 0 Å². The number of nitrogens with two attached hydrogens (primary N) is 1. The number of nitrogens with zero attached hydrogens (tertiary/aromatic N) is 3. The van der Waals surface area contributed by atoms with Gasteiger partial charge in [0.15, 0.2) is 0 Å². The Balaban J connectivity index is 1.21. The van der Waals surface area contributed by atoms with E-state index in [1.807, 2.05) is 36.5 Å². The Hall–Kier alpha value is -6.43. The third-order valence-electron chi connectivity index (χ3n) is 8.33. The summed E-state index contributed by atoms with van der Waals surface area (Å²) in [5, 5.41) is 14.6. The van der Waals surface area contributed by atoms with Crippen LogP contribution in [0.5, 0.6) is 0 Å². The molecule has 0 spiro atoms. The molecule has 7 rings (SSSR count). The normalized spacial score (nSPS) is 14.9. The molecule has 1 aliphatic carbocycles. The van der Waals surface area contributed by atoms with Gasteiger partial charge in [0.25, 0.3) is 0 Å². The maximum atomic E-state index is 9.92. The van der Waals surface area contributed by atoms with Crippen LogP contribution in [0.2, 0.25) is 0 Å². The summed E-state index contributed by atoms with van der Waals surface area (Å²) < 4.78 is 0. The minimum absolute atomic E-state index is 0.495.